The molecule has 4 N–H and O–H groups in total. The Hall–Kier alpha value is -3.41. The number of amides is 1. The number of nitrogens with zero attached hydrogens (tertiary/aromatic N) is 1. The molecule has 0 atom stereocenters. The molecular formula is C20H17ClN4O3S. The second-order valence-corrected chi connectivity index (χ2v) is 7.22. The van der Waals surface area contributed by atoms with Crippen LogP contribution in [0, 0.1) is 11.3 Å². The zero-order valence-electron chi connectivity index (χ0n) is 15.6. The summed E-state index contributed by atoms with van der Waals surface area (Å²) in [4.78, 5) is 13.1. The summed E-state index contributed by atoms with van der Waals surface area (Å²) >= 11 is 7.24. The van der Waals surface area contributed by atoms with Gasteiger partial charge in [-0.3, -0.25) is 4.79 Å². The van der Waals surface area contributed by atoms with Gasteiger partial charge in [0.25, 0.3) is 5.91 Å². The molecule has 0 unspecified atom stereocenters. The maximum atomic E-state index is 12.9. The van der Waals surface area contributed by atoms with Gasteiger partial charge in [-0.05, 0) is 18.2 Å². The van der Waals surface area contributed by atoms with Crippen LogP contribution in [0.15, 0.2) is 42.5 Å². The van der Waals surface area contributed by atoms with Gasteiger partial charge in [-0.1, -0.05) is 29.8 Å². The second-order valence-electron chi connectivity index (χ2n) is 5.79. The number of ether oxygens (including phenoxy) is 2. The number of nitrogen functional groups attached to an aromatic ring is 1. The number of halogens is 1. The van der Waals surface area contributed by atoms with Crippen molar-refractivity contribution in [1.82, 2.24) is 0 Å². The molecule has 7 nitrogen and oxygen atoms in total. The number of thiophene rings is 1. The first-order valence-electron chi connectivity index (χ1n) is 8.35. The highest BCUT2D eigenvalue weighted by Crippen LogP contribution is 2.39. The third kappa shape index (κ3) is 4.21. The number of para-hydroxylation sites is 1. The van der Waals surface area contributed by atoms with Crippen molar-refractivity contribution in [3.05, 3.63) is 57.9 Å². The summed E-state index contributed by atoms with van der Waals surface area (Å²) in [6, 6.07) is 14.4. The Kier molecular flexibility index (Phi) is 6.12. The monoisotopic (exact) mass is 428 g/mol. The Morgan fingerprint density at radius 2 is 1.86 bits per heavy atom. The molecule has 1 aromatic heterocycles. The van der Waals surface area contributed by atoms with Crippen LogP contribution in [0.25, 0.3) is 0 Å². The number of nitrogens with one attached hydrogen (secondary N) is 2. The summed E-state index contributed by atoms with van der Waals surface area (Å²) in [5, 5.41) is 16.1. The van der Waals surface area contributed by atoms with Gasteiger partial charge in [0, 0.05) is 11.8 Å². The smallest absolute Gasteiger partial charge is 0.268 e. The van der Waals surface area contributed by atoms with Crippen molar-refractivity contribution in [1.29, 1.82) is 5.26 Å². The lowest BCUT2D eigenvalue weighted by Gasteiger charge is -2.12. The average Bonchev–Trinajstić information content (AvgIpc) is 3.04. The van der Waals surface area contributed by atoms with Crippen molar-refractivity contribution < 1.29 is 14.3 Å². The van der Waals surface area contributed by atoms with Crippen molar-refractivity contribution in [2.45, 2.75) is 0 Å². The first-order chi connectivity index (χ1) is 14.0. The van der Waals surface area contributed by atoms with Gasteiger partial charge in [0.1, 0.15) is 33.0 Å². The fraction of sp³-hybridized carbons (Fsp3) is 0.100. The van der Waals surface area contributed by atoms with Crippen molar-refractivity contribution in [3.8, 4) is 17.6 Å². The number of methoxy groups -OCH3 is 2. The Balaban J connectivity index is 1.92. The molecule has 0 aliphatic heterocycles. The molecular weight excluding hydrogens is 412 g/mol. The molecule has 0 radical (unpaired) electrons. The van der Waals surface area contributed by atoms with Crippen LogP contribution in [-0.4, -0.2) is 20.1 Å². The molecule has 1 amide bonds. The van der Waals surface area contributed by atoms with Gasteiger partial charge in [0.15, 0.2) is 0 Å². The molecule has 9 heteroatoms. The van der Waals surface area contributed by atoms with E-state index in [4.69, 9.17) is 26.8 Å². The molecule has 3 rings (SSSR count). The third-order valence-electron chi connectivity index (χ3n) is 4.02. The van der Waals surface area contributed by atoms with Crippen LogP contribution in [0.2, 0.25) is 5.02 Å². The highest BCUT2D eigenvalue weighted by Gasteiger charge is 2.23. The van der Waals surface area contributed by atoms with Crippen LogP contribution in [0.5, 0.6) is 11.5 Å². The van der Waals surface area contributed by atoms with E-state index in [0.717, 1.165) is 17.0 Å². The summed E-state index contributed by atoms with van der Waals surface area (Å²) in [7, 11) is 2.95. The third-order valence-corrected chi connectivity index (χ3v) is 5.43. The number of nitrogens with two attached hydrogens (primary N) is 1. The molecule has 0 saturated heterocycles. The Labute approximate surface area is 176 Å². The van der Waals surface area contributed by atoms with Gasteiger partial charge in [-0.25, -0.2) is 0 Å². The highest BCUT2D eigenvalue weighted by molar-refractivity contribution is 7.19. The van der Waals surface area contributed by atoms with E-state index in [0.29, 0.717) is 27.2 Å². The van der Waals surface area contributed by atoms with E-state index in [1.54, 1.807) is 6.07 Å². The van der Waals surface area contributed by atoms with E-state index in [1.165, 1.54) is 20.3 Å². The van der Waals surface area contributed by atoms with E-state index in [9.17, 15) is 10.1 Å². The number of nitriles is 1. The van der Waals surface area contributed by atoms with Crippen molar-refractivity contribution in [3.63, 3.8) is 0 Å². The normalized spacial score (nSPS) is 10.1. The summed E-state index contributed by atoms with van der Waals surface area (Å²) in [6.45, 7) is 0. The zero-order valence-corrected chi connectivity index (χ0v) is 17.1. The molecule has 0 aliphatic rings. The molecule has 1 heterocycles. The SMILES string of the molecule is COc1cc(OC)c(NC(=O)c2sc(Nc3ccccc3)c(C#N)c2N)cc1Cl. The quantitative estimate of drug-likeness (QED) is 0.516. The van der Waals surface area contributed by atoms with Crippen molar-refractivity contribution in [2.24, 2.45) is 0 Å². The lowest BCUT2D eigenvalue weighted by molar-refractivity contribution is 0.103. The van der Waals surface area contributed by atoms with Gasteiger partial charge in [0.2, 0.25) is 0 Å². The molecule has 0 spiro atoms. The number of benzene rings is 2. The summed E-state index contributed by atoms with van der Waals surface area (Å²) in [6.07, 6.45) is 0. The average molecular weight is 429 g/mol. The van der Waals surface area contributed by atoms with Gasteiger partial charge in [-0.15, -0.1) is 11.3 Å². The van der Waals surface area contributed by atoms with Crippen LogP contribution < -0.4 is 25.8 Å². The highest BCUT2D eigenvalue weighted by atomic mass is 35.5. The standard InChI is InChI=1S/C20H17ClN4O3S/c1-27-15-9-16(28-2)14(8-13(15)21)25-19(26)18-17(23)12(10-22)20(29-18)24-11-6-4-3-5-7-11/h3-9,24H,23H2,1-2H3,(H,25,26). The fourth-order valence-electron chi connectivity index (χ4n) is 2.60. The largest absolute Gasteiger partial charge is 0.495 e. The van der Waals surface area contributed by atoms with Gasteiger partial charge >= 0.3 is 0 Å². The molecule has 29 heavy (non-hydrogen) atoms. The number of rotatable bonds is 6. The van der Waals surface area contributed by atoms with E-state index in [-0.39, 0.29) is 16.1 Å². The maximum Gasteiger partial charge on any atom is 0.268 e. The number of anilines is 4. The lowest BCUT2D eigenvalue weighted by atomic mass is 10.2. The minimum atomic E-state index is -0.482. The molecule has 0 saturated carbocycles. The first kappa shape index (κ1) is 20.3. The van der Waals surface area contributed by atoms with Gasteiger partial charge in [-0.2, -0.15) is 5.26 Å². The molecule has 3 aromatic rings. The van der Waals surface area contributed by atoms with Crippen LogP contribution >= 0.6 is 22.9 Å². The van der Waals surface area contributed by atoms with E-state index < -0.39 is 5.91 Å². The Morgan fingerprint density at radius 1 is 1.17 bits per heavy atom. The van der Waals surface area contributed by atoms with Crippen molar-refractivity contribution >= 4 is 50.9 Å². The topological polar surface area (TPSA) is 109 Å². The molecule has 0 bridgehead atoms. The molecule has 0 fully saturated rings. The van der Waals surface area contributed by atoms with Crippen LogP contribution in [0.1, 0.15) is 15.2 Å². The lowest BCUT2D eigenvalue weighted by Crippen LogP contribution is -2.13. The fourth-order valence-corrected chi connectivity index (χ4v) is 3.83. The first-order valence-corrected chi connectivity index (χ1v) is 9.55. The molecule has 0 aliphatic carbocycles. The van der Waals surface area contributed by atoms with E-state index >= 15 is 0 Å². The summed E-state index contributed by atoms with van der Waals surface area (Å²) in [5.74, 6) is 0.306. The van der Waals surface area contributed by atoms with Gasteiger partial charge < -0.3 is 25.8 Å². The molecule has 2 aromatic carbocycles. The Bertz CT molecular complexity index is 1090. The summed E-state index contributed by atoms with van der Waals surface area (Å²) < 4.78 is 10.4. The Morgan fingerprint density at radius 3 is 2.48 bits per heavy atom. The number of carbonyl (C=O) groups is 1. The van der Waals surface area contributed by atoms with E-state index in [2.05, 4.69) is 16.7 Å². The number of carbonyl (C=O) groups excluding carboxylic acids is 1. The van der Waals surface area contributed by atoms with Crippen molar-refractivity contribution in [2.75, 3.05) is 30.6 Å². The van der Waals surface area contributed by atoms with Crippen LogP contribution in [0.4, 0.5) is 22.1 Å². The number of hydrogen-bond donors (Lipinski definition) is 3. The van der Waals surface area contributed by atoms with Gasteiger partial charge in [0.05, 0.1) is 30.6 Å². The minimum absolute atomic E-state index is 0.104. The minimum Gasteiger partial charge on any atom is -0.495 e. The predicted molar refractivity (Wildman–Crippen MR) is 116 cm³/mol. The van der Waals surface area contributed by atoms with Crippen LogP contribution in [0.3, 0.4) is 0 Å². The summed E-state index contributed by atoms with van der Waals surface area (Å²) in [5.41, 5.74) is 7.53. The predicted octanol–water partition coefficient (Wildman–Crippen LogP) is 4.87. The zero-order chi connectivity index (χ0) is 21.0. The second kappa shape index (κ2) is 8.73. The van der Waals surface area contributed by atoms with Crippen LogP contribution in [-0.2, 0) is 0 Å². The maximum absolute atomic E-state index is 12.9. The number of hydrogen-bond acceptors (Lipinski definition) is 7. The van der Waals surface area contributed by atoms with E-state index in [1.807, 2.05) is 30.3 Å². The molecule has 148 valence electrons.